The quantitative estimate of drug-likeness (QED) is 0.284. The van der Waals surface area contributed by atoms with Crippen LogP contribution in [0.25, 0.3) is 0 Å². The highest BCUT2D eigenvalue weighted by Crippen LogP contribution is 2.25. The van der Waals surface area contributed by atoms with Crippen LogP contribution >= 0.6 is 0 Å². The largest absolute Gasteiger partial charge is 0.495 e. The van der Waals surface area contributed by atoms with Crippen molar-refractivity contribution >= 4 is 21.6 Å². The van der Waals surface area contributed by atoms with Crippen LogP contribution in [0.2, 0.25) is 0 Å². The summed E-state index contributed by atoms with van der Waals surface area (Å²) in [6.45, 7) is 0.400. The van der Waals surface area contributed by atoms with Gasteiger partial charge in [0.15, 0.2) is 0 Å². The highest BCUT2D eigenvalue weighted by Gasteiger charge is 2.29. The molecule has 0 bridgehead atoms. The number of halogens is 1. The van der Waals surface area contributed by atoms with E-state index >= 15 is 0 Å². The molecule has 4 aromatic rings. The van der Waals surface area contributed by atoms with Gasteiger partial charge in [0.1, 0.15) is 34.9 Å². The fourth-order valence-corrected chi connectivity index (χ4v) is 5.13. The van der Waals surface area contributed by atoms with Crippen LogP contribution in [0, 0.1) is 5.82 Å². The van der Waals surface area contributed by atoms with E-state index in [1.807, 2.05) is 36.4 Å². The molecule has 0 aliphatic rings. The lowest BCUT2D eigenvalue weighted by molar-refractivity contribution is -0.117. The van der Waals surface area contributed by atoms with Gasteiger partial charge in [0.05, 0.1) is 7.11 Å². The molecular weight excluding hydrogens is 507 g/mol. The van der Waals surface area contributed by atoms with Crippen LogP contribution in [0.4, 0.5) is 10.1 Å². The second kappa shape index (κ2) is 12.4. The van der Waals surface area contributed by atoms with Gasteiger partial charge in [-0.1, -0.05) is 60.7 Å². The maximum Gasteiger partial charge on any atom is 0.245 e. The van der Waals surface area contributed by atoms with Crippen LogP contribution in [-0.4, -0.2) is 27.5 Å². The van der Waals surface area contributed by atoms with Crippen LogP contribution in [0.5, 0.6) is 11.5 Å². The molecule has 196 valence electrons. The first-order valence-electron chi connectivity index (χ1n) is 11.8. The van der Waals surface area contributed by atoms with Crippen LogP contribution in [-0.2, 0) is 27.8 Å². The maximum atomic E-state index is 13.9. The summed E-state index contributed by atoms with van der Waals surface area (Å²) >= 11 is 0. The monoisotopic (exact) mass is 534 g/mol. The average Bonchev–Trinajstić information content (AvgIpc) is 2.93. The Morgan fingerprint density at radius 3 is 2.13 bits per heavy atom. The summed E-state index contributed by atoms with van der Waals surface area (Å²) in [6, 6.07) is 27.4. The molecule has 1 atom stereocenters. The number of sulfonamides is 1. The predicted molar refractivity (Wildman–Crippen MR) is 143 cm³/mol. The van der Waals surface area contributed by atoms with Crippen molar-refractivity contribution in [1.29, 1.82) is 0 Å². The molecule has 2 N–H and O–H groups in total. The number of carbonyl (C=O) groups is 1. The van der Waals surface area contributed by atoms with Gasteiger partial charge in [0.2, 0.25) is 15.9 Å². The number of rotatable bonds is 11. The third-order valence-electron chi connectivity index (χ3n) is 5.68. The molecule has 0 aromatic heterocycles. The SMILES string of the molecule is COc1ccc(F)cc1S(=O)(=O)NC(Cc1ccccc1)C(=O)Nc1ccc(OCc2ccccc2)cc1. The third kappa shape index (κ3) is 7.18. The minimum Gasteiger partial charge on any atom is -0.495 e. The molecule has 9 heteroatoms. The van der Waals surface area contributed by atoms with E-state index in [4.69, 9.17) is 9.47 Å². The number of ether oxygens (including phenoxy) is 2. The van der Waals surface area contributed by atoms with Crippen molar-refractivity contribution < 1.29 is 27.1 Å². The van der Waals surface area contributed by atoms with Crippen molar-refractivity contribution in [3.63, 3.8) is 0 Å². The highest BCUT2D eigenvalue weighted by molar-refractivity contribution is 7.89. The van der Waals surface area contributed by atoms with E-state index < -0.39 is 32.7 Å². The number of hydrogen-bond donors (Lipinski definition) is 2. The van der Waals surface area contributed by atoms with Crippen LogP contribution in [0.15, 0.2) is 108 Å². The van der Waals surface area contributed by atoms with Crippen molar-refractivity contribution in [3.8, 4) is 11.5 Å². The van der Waals surface area contributed by atoms with E-state index in [2.05, 4.69) is 10.0 Å². The zero-order valence-corrected chi connectivity index (χ0v) is 21.5. The molecule has 4 aromatic carbocycles. The fourth-order valence-electron chi connectivity index (χ4n) is 3.75. The molecule has 0 saturated carbocycles. The number of amides is 1. The van der Waals surface area contributed by atoms with E-state index in [1.165, 1.54) is 13.2 Å². The first-order valence-corrected chi connectivity index (χ1v) is 13.3. The standard InChI is InChI=1S/C29H27FN2O5S/c1-36-27-17-12-23(30)19-28(27)38(34,35)32-26(18-21-8-4-2-5-9-21)29(33)31-24-13-15-25(16-14-24)37-20-22-10-6-3-7-11-22/h2-17,19,26,32H,18,20H2,1H3,(H,31,33). The maximum absolute atomic E-state index is 13.9. The Balaban J connectivity index is 1.50. The summed E-state index contributed by atoms with van der Waals surface area (Å²) in [6.07, 6.45) is 0.0712. The second-order valence-electron chi connectivity index (χ2n) is 8.45. The van der Waals surface area contributed by atoms with E-state index in [1.54, 1.807) is 48.5 Å². The van der Waals surface area contributed by atoms with Gasteiger partial charge in [0.25, 0.3) is 0 Å². The Morgan fingerprint density at radius 1 is 0.868 bits per heavy atom. The van der Waals surface area contributed by atoms with Gasteiger partial charge in [-0.15, -0.1) is 0 Å². The molecule has 0 spiro atoms. The van der Waals surface area contributed by atoms with Gasteiger partial charge < -0.3 is 14.8 Å². The molecular formula is C29H27FN2O5S. The summed E-state index contributed by atoms with van der Waals surface area (Å²) in [7, 11) is -3.03. The number of anilines is 1. The topological polar surface area (TPSA) is 93.7 Å². The number of carbonyl (C=O) groups excluding carboxylic acids is 1. The van der Waals surface area contributed by atoms with Gasteiger partial charge in [0, 0.05) is 5.69 Å². The van der Waals surface area contributed by atoms with Gasteiger partial charge in [-0.3, -0.25) is 4.79 Å². The fraction of sp³-hybridized carbons (Fsp3) is 0.138. The summed E-state index contributed by atoms with van der Waals surface area (Å²) in [5.41, 5.74) is 2.23. The van der Waals surface area contributed by atoms with E-state index in [0.29, 0.717) is 18.0 Å². The van der Waals surface area contributed by atoms with Gasteiger partial charge in [-0.25, -0.2) is 12.8 Å². The number of hydrogen-bond acceptors (Lipinski definition) is 5. The van der Waals surface area contributed by atoms with E-state index in [0.717, 1.165) is 23.3 Å². The van der Waals surface area contributed by atoms with Crippen molar-refractivity contribution in [2.45, 2.75) is 24.0 Å². The Labute approximate surface area is 221 Å². The molecule has 0 fully saturated rings. The minimum atomic E-state index is -4.32. The number of nitrogens with one attached hydrogen (secondary N) is 2. The van der Waals surface area contributed by atoms with Crippen molar-refractivity contribution in [1.82, 2.24) is 4.72 Å². The predicted octanol–water partition coefficient (Wildman–Crippen LogP) is 4.94. The molecule has 1 amide bonds. The molecule has 0 aliphatic heterocycles. The lowest BCUT2D eigenvalue weighted by atomic mass is 10.1. The third-order valence-corrected chi connectivity index (χ3v) is 7.17. The molecule has 1 unspecified atom stereocenters. The Bertz CT molecular complexity index is 1460. The Morgan fingerprint density at radius 2 is 1.50 bits per heavy atom. The van der Waals surface area contributed by atoms with Crippen LogP contribution in [0.1, 0.15) is 11.1 Å². The normalized spacial score (nSPS) is 11.9. The Kier molecular flexibility index (Phi) is 8.73. The molecule has 4 rings (SSSR count). The molecule has 38 heavy (non-hydrogen) atoms. The van der Waals surface area contributed by atoms with Gasteiger partial charge in [-0.2, -0.15) is 4.72 Å². The van der Waals surface area contributed by atoms with E-state index in [-0.39, 0.29) is 12.2 Å². The van der Waals surface area contributed by atoms with Crippen molar-refractivity contribution in [2.75, 3.05) is 12.4 Å². The zero-order chi connectivity index (χ0) is 27.0. The molecule has 0 heterocycles. The van der Waals surface area contributed by atoms with Gasteiger partial charge in [-0.05, 0) is 60.0 Å². The van der Waals surface area contributed by atoms with Crippen molar-refractivity contribution in [2.24, 2.45) is 0 Å². The lowest BCUT2D eigenvalue weighted by Gasteiger charge is -2.20. The summed E-state index contributed by atoms with van der Waals surface area (Å²) in [4.78, 5) is 12.9. The lowest BCUT2D eigenvalue weighted by Crippen LogP contribution is -2.45. The first kappa shape index (κ1) is 26.8. The van der Waals surface area contributed by atoms with E-state index in [9.17, 15) is 17.6 Å². The molecule has 0 saturated heterocycles. The second-order valence-corrected chi connectivity index (χ2v) is 10.1. The zero-order valence-electron chi connectivity index (χ0n) is 20.6. The van der Waals surface area contributed by atoms with Crippen molar-refractivity contribution in [3.05, 3.63) is 120 Å². The molecule has 0 radical (unpaired) electrons. The molecule has 7 nitrogen and oxygen atoms in total. The first-order chi connectivity index (χ1) is 18.3. The van der Waals surface area contributed by atoms with Crippen LogP contribution < -0.4 is 19.5 Å². The number of benzene rings is 4. The molecule has 0 aliphatic carbocycles. The van der Waals surface area contributed by atoms with Crippen LogP contribution in [0.3, 0.4) is 0 Å². The summed E-state index contributed by atoms with van der Waals surface area (Å²) < 4.78 is 53.6. The average molecular weight is 535 g/mol. The smallest absolute Gasteiger partial charge is 0.245 e. The van der Waals surface area contributed by atoms with Gasteiger partial charge >= 0.3 is 0 Å². The Hall–Kier alpha value is -4.21. The highest BCUT2D eigenvalue weighted by atomic mass is 32.2. The minimum absolute atomic E-state index is 0.0381. The summed E-state index contributed by atoms with van der Waals surface area (Å²) in [5, 5.41) is 2.75. The summed E-state index contributed by atoms with van der Waals surface area (Å²) in [5.74, 6) is -0.744. The number of methoxy groups -OCH3 is 1.